The van der Waals surface area contributed by atoms with Gasteiger partial charge in [0.05, 0.1) is 5.69 Å². The van der Waals surface area contributed by atoms with E-state index in [1.54, 1.807) is 0 Å². The highest BCUT2D eigenvalue weighted by Crippen LogP contribution is 2.31. The van der Waals surface area contributed by atoms with E-state index in [0.29, 0.717) is 0 Å². The van der Waals surface area contributed by atoms with Crippen molar-refractivity contribution in [3.8, 4) is 11.4 Å². The normalized spacial score (nSPS) is 11.5. The molecule has 1 aromatic carbocycles. The summed E-state index contributed by atoms with van der Waals surface area (Å²) in [4.78, 5) is 3.54. The molecule has 3 nitrogen and oxygen atoms in total. The molecule has 0 saturated carbocycles. The molecule has 0 unspecified atom stereocenters. The molecule has 0 spiro atoms. The molecular weight excluding hydrogens is 240 g/mol. The van der Waals surface area contributed by atoms with Crippen molar-refractivity contribution in [2.75, 3.05) is 0 Å². The van der Waals surface area contributed by atoms with E-state index in [-0.39, 0.29) is 5.69 Å². The van der Waals surface area contributed by atoms with Crippen LogP contribution in [0, 0.1) is 12.1 Å². The zero-order valence-electron chi connectivity index (χ0n) is 8.20. The Morgan fingerprint density at radius 2 is 2.06 bits per heavy atom. The van der Waals surface area contributed by atoms with E-state index in [1.165, 1.54) is 24.5 Å². The van der Waals surface area contributed by atoms with Crippen molar-refractivity contribution in [1.82, 2.24) is 9.55 Å². The van der Waals surface area contributed by atoms with Gasteiger partial charge in [-0.1, -0.05) is 6.07 Å². The first-order chi connectivity index (χ1) is 7.97. The molecule has 0 aliphatic heterocycles. The maximum atomic E-state index is 13.3. The van der Waals surface area contributed by atoms with Crippen molar-refractivity contribution in [2.45, 2.75) is 6.36 Å². The minimum atomic E-state index is -4.96. The lowest BCUT2D eigenvalue weighted by atomic mass is 10.3. The van der Waals surface area contributed by atoms with E-state index >= 15 is 0 Å². The smallest absolute Gasteiger partial charge is 0.400 e. The molecule has 0 saturated heterocycles. The molecule has 0 aliphatic carbocycles. The Labute approximate surface area is 93.3 Å². The van der Waals surface area contributed by atoms with Gasteiger partial charge in [-0.25, -0.2) is 9.37 Å². The fourth-order valence-corrected chi connectivity index (χ4v) is 1.27. The summed E-state index contributed by atoms with van der Waals surface area (Å²) in [5, 5.41) is 0. The van der Waals surface area contributed by atoms with Crippen molar-refractivity contribution in [3.63, 3.8) is 0 Å². The van der Waals surface area contributed by atoms with E-state index in [1.807, 2.05) is 0 Å². The number of imidazole rings is 1. The van der Waals surface area contributed by atoms with Gasteiger partial charge >= 0.3 is 6.36 Å². The number of benzene rings is 1. The SMILES string of the molecule is Fc1cccc(-n2[c]ncc2)c1OC(F)(F)F. The van der Waals surface area contributed by atoms with Gasteiger partial charge in [-0.2, -0.15) is 0 Å². The maximum Gasteiger partial charge on any atom is 0.573 e. The van der Waals surface area contributed by atoms with E-state index in [0.717, 1.165) is 10.6 Å². The number of halogens is 4. The van der Waals surface area contributed by atoms with Gasteiger partial charge < -0.3 is 4.74 Å². The number of aromatic nitrogens is 2. The second-order valence-corrected chi connectivity index (χ2v) is 3.03. The molecule has 1 radical (unpaired) electrons. The predicted molar refractivity (Wildman–Crippen MR) is 49.0 cm³/mol. The molecule has 0 atom stereocenters. The molecule has 1 aromatic heterocycles. The fourth-order valence-electron chi connectivity index (χ4n) is 1.27. The Hall–Kier alpha value is -2.05. The number of para-hydroxylation sites is 1. The van der Waals surface area contributed by atoms with Crippen LogP contribution in [0.3, 0.4) is 0 Å². The van der Waals surface area contributed by atoms with Gasteiger partial charge in [-0.05, 0) is 12.1 Å². The predicted octanol–water partition coefficient (Wildman–Crippen LogP) is 2.71. The van der Waals surface area contributed by atoms with Crippen LogP contribution in [0.4, 0.5) is 17.6 Å². The summed E-state index contributed by atoms with van der Waals surface area (Å²) >= 11 is 0. The van der Waals surface area contributed by atoms with Gasteiger partial charge in [0.2, 0.25) is 0 Å². The average molecular weight is 245 g/mol. The highest BCUT2D eigenvalue weighted by Gasteiger charge is 2.33. The summed E-state index contributed by atoms with van der Waals surface area (Å²) < 4.78 is 54.4. The number of nitrogens with zero attached hydrogens (tertiary/aromatic N) is 2. The Bertz CT molecular complexity index is 508. The lowest BCUT2D eigenvalue weighted by Gasteiger charge is -2.13. The molecule has 1 heterocycles. The van der Waals surface area contributed by atoms with Crippen LogP contribution in [0.5, 0.6) is 5.75 Å². The summed E-state index contributed by atoms with van der Waals surface area (Å²) in [6.45, 7) is 0. The van der Waals surface area contributed by atoms with E-state index in [9.17, 15) is 17.6 Å². The first-order valence-corrected chi connectivity index (χ1v) is 4.43. The zero-order valence-corrected chi connectivity index (χ0v) is 8.20. The lowest BCUT2D eigenvalue weighted by molar-refractivity contribution is -0.275. The van der Waals surface area contributed by atoms with Crippen LogP contribution in [0.1, 0.15) is 0 Å². The van der Waals surface area contributed by atoms with Crippen LogP contribution >= 0.6 is 0 Å². The second-order valence-electron chi connectivity index (χ2n) is 3.03. The monoisotopic (exact) mass is 245 g/mol. The minimum absolute atomic E-state index is 0.125. The Morgan fingerprint density at radius 1 is 1.29 bits per heavy atom. The van der Waals surface area contributed by atoms with E-state index < -0.39 is 17.9 Å². The van der Waals surface area contributed by atoms with Crippen LogP contribution < -0.4 is 4.74 Å². The number of ether oxygens (including phenoxy) is 1. The van der Waals surface area contributed by atoms with Crippen molar-refractivity contribution in [2.24, 2.45) is 0 Å². The van der Waals surface area contributed by atoms with Crippen molar-refractivity contribution in [1.29, 1.82) is 0 Å². The second kappa shape index (κ2) is 4.08. The van der Waals surface area contributed by atoms with Crippen molar-refractivity contribution in [3.05, 3.63) is 42.7 Å². The van der Waals surface area contributed by atoms with Gasteiger partial charge in [-0.3, -0.25) is 4.57 Å². The van der Waals surface area contributed by atoms with Gasteiger partial charge in [0, 0.05) is 12.4 Å². The molecule has 89 valence electrons. The first kappa shape index (κ1) is 11.4. The molecule has 2 aromatic rings. The zero-order chi connectivity index (χ0) is 12.5. The number of alkyl halides is 3. The molecule has 17 heavy (non-hydrogen) atoms. The van der Waals surface area contributed by atoms with Gasteiger partial charge in [0.1, 0.15) is 0 Å². The van der Waals surface area contributed by atoms with E-state index in [2.05, 4.69) is 16.0 Å². The van der Waals surface area contributed by atoms with Crippen molar-refractivity contribution < 1.29 is 22.3 Å². The topological polar surface area (TPSA) is 27.1 Å². The quantitative estimate of drug-likeness (QED) is 0.760. The maximum absolute atomic E-state index is 13.3. The summed E-state index contributed by atoms with van der Waals surface area (Å²) in [7, 11) is 0. The summed E-state index contributed by atoms with van der Waals surface area (Å²) in [5.41, 5.74) is -0.125. The standard InChI is InChI=1S/C10H5F4N2O/c11-7-2-1-3-8(16-5-4-15-6-16)9(7)17-10(12,13)14/h1-5H. The third-order valence-corrected chi connectivity index (χ3v) is 1.88. The molecule has 2 rings (SSSR count). The highest BCUT2D eigenvalue weighted by molar-refractivity contribution is 5.47. The molecule has 0 amide bonds. The molecular formula is C10H5F4N2O. The van der Waals surface area contributed by atoms with Crippen LogP contribution in [0.15, 0.2) is 30.6 Å². The van der Waals surface area contributed by atoms with Crippen LogP contribution in [0.2, 0.25) is 0 Å². The van der Waals surface area contributed by atoms with Crippen molar-refractivity contribution >= 4 is 0 Å². The number of rotatable bonds is 2. The molecule has 0 aliphatic rings. The largest absolute Gasteiger partial charge is 0.573 e. The Morgan fingerprint density at radius 3 is 2.65 bits per heavy atom. The first-order valence-electron chi connectivity index (χ1n) is 4.43. The Kier molecular flexibility index (Phi) is 2.74. The number of hydrogen-bond donors (Lipinski definition) is 0. The Balaban J connectivity index is 2.49. The fraction of sp³-hybridized carbons (Fsp3) is 0.100. The molecule has 0 fully saturated rings. The molecule has 0 bridgehead atoms. The minimum Gasteiger partial charge on any atom is -0.400 e. The molecule has 0 N–H and O–H groups in total. The number of hydrogen-bond acceptors (Lipinski definition) is 2. The lowest BCUT2D eigenvalue weighted by Crippen LogP contribution is -2.19. The average Bonchev–Trinajstić information content (AvgIpc) is 2.72. The van der Waals surface area contributed by atoms with Gasteiger partial charge in [-0.15, -0.1) is 13.2 Å². The van der Waals surface area contributed by atoms with E-state index in [4.69, 9.17) is 0 Å². The van der Waals surface area contributed by atoms with Gasteiger partial charge in [0.25, 0.3) is 0 Å². The summed E-state index contributed by atoms with van der Waals surface area (Å²) in [5.74, 6) is -2.02. The van der Waals surface area contributed by atoms with Crippen LogP contribution in [0.25, 0.3) is 5.69 Å². The third-order valence-electron chi connectivity index (χ3n) is 1.88. The molecule has 7 heteroatoms. The third kappa shape index (κ3) is 2.55. The summed E-state index contributed by atoms with van der Waals surface area (Å²) in [6.07, 6.45) is 0.0378. The van der Waals surface area contributed by atoms with Crippen LogP contribution in [-0.2, 0) is 0 Å². The van der Waals surface area contributed by atoms with Crippen LogP contribution in [-0.4, -0.2) is 15.9 Å². The van der Waals surface area contributed by atoms with Gasteiger partial charge in [0.15, 0.2) is 17.9 Å². The summed E-state index contributed by atoms with van der Waals surface area (Å²) in [6, 6.07) is 3.41. The highest BCUT2D eigenvalue weighted by atomic mass is 19.4.